The zero-order valence-electron chi connectivity index (χ0n) is 20.6. The van der Waals surface area contributed by atoms with Crippen LogP contribution in [0, 0.1) is 0 Å². The van der Waals surface area contributed by atoms with Gasteiger partial charge in [0, 0.05) is 18.7 Å². The first-order chi connectivity index (χ1) is 16.5. The Hall–Kier alpha value is -3.04. The predicted molar refractivity (Wildman–Crippen MR) is 137 cm³/mol. The zero-order valence-corrected chi connectivity index (χ0v) is 21.4. The molecule has 1 heterocycles. The van der Waals surface area contributed by atoms with E-state index in [-0.39, 0.29) is 30.3 Å². The number of hydrogen-bond acceptors (Lipinski definition) is 5. The van der Waals surface area contributed by atoms with E-state index in [0.717, 1.165) is 16.9 Å². The molecule has 1 unspecified atom stereocenters. The fourth-order valence-corrected chi connectivity index (χ4v) is 4.52. The summed E-state index contributed by atoms with van der Waals surface area (Å²) >= 11 is 0. The highest BCUT2D eigenvalue weighted by atomic mass is 32.2. The van der Waals surface area contributed by atoms with Crippen LogP contribution < -0.4 is 14.9 Å². The molecule has 0 aromatic heterocycles. The number of anilines is 2. The SMILES string of the molecule is CCC(C)c1ccc(N2C(=O)c3ccc(NC(=O)CCCCNS(=O)(=O)C(C)C)cc3C2=O)cc1. The number of carbonyl (C=O) groups is 3. The molecule has 1 aliphatic rings. The summed E-state index contributed by atoms with van der Waals surface area (Å²) < 4.78 is 26.0. The lowest BCUT2D eigenvalue weighted by Gasteiger charge is -2.15. The number of amides is 3. The number of unbranched alkanes of at least 4 members (excludes halogenated alkanes) is 1. The normalized spacial score (nSPS) is 14.4. The van der Waals surface area contributed by atoms with E-state index in [0.29, 0.717) is 35.7 Å². The van der Waals surface area contributed by atoms with Crippen molar-refractivity contribution in [1.82, 2.24) is 4.72 Å². The quantitative estimate of drug-likeness (QED) is 0.351. The Morgan fingerprint density at radius 1 is 0.943 bits per heavy atom. The molecule has 0 saturated carbocycles. The maximum absolute atomic E-state index is 13.0. The molecule has 3 rings (SSSR count). The Bertz CT molecular complexity index is 1210. The van der Waals surface area contributed by atoms with E-state index in [1.165, 1.54) is 6.07 Å². The number of rotatable bonds is 11. The maximum Gasteiger partial charge on any atom is 0.266 e. The maximum atomic E-state index is 13.0. The van der Waals surface area contributed by atoms with Gasteiger partial charge in [0.25, 0.3) is 11.8 Å². The van der Waals surface area contributed by atoms with Gasteiger partial charge in [-0.3, -0.25) is 14.4 Å². The van der Waals surface area contributed by atoms with Gasteiger partial charge in [-0.05, 0) is 74.9 Å². The van der Waals surface area contributed by atoms with Gasteiger partial charge in [0.15, 0.2) is 0 Å². The zero-order chi connectivity index (χ0) is 25.8. The first-order valence-corrected chi connectivity index (χ1v) is 13.5. The van der Waals surface area contributed by atoms with Gasteiger partial charge in [-0.15, -0.1) is 0 Å². The number of hydrogen-bond donors (Lipinski definition) is 2. The van der Waals surface area contributed by atoms with Crippen molar-refractivity contribution >= 4 is 39.1 Å². The van der Waals surface area contributed by atoms with Gasteiger partial charge in [0.1, 0.15) is 0 Å². The summed E-state index contributed by atoms with van der Waals surface area (Å²) in [5.41, 5.74) is 2.65. The van der Waals surface area contributed by atoms with E-state index in [2.05, 4.69) is 23.9 Å². The number of sulfonamides is 1. The molecule has 0 spiro atoms. The molecule has 35 heavy (non-hydrogen) atoms. The lowest BCUT2D eigenvalue weighted by atomic mass is 9.98. The number of fused-ring (bicyclic) bond motifs is 1. The standard InChI is InChI=1S/C26H33N3O5S/c1-5-18(4)19-9-12-21(13-10-19)29-25(31)22-14-11-20(16-23(22)26(29)32)28-24(30)8-6-7-15-27-35(33,34)17(2)3/h9-14,16-18,27H,5-8,15H2,1-4H3,(H,28,30). The Labute approximate surface area is 207 Å². The monoisotopic (exact) mass is 499 g/mol. The van der Waals surface area contributed by atoms with Crippen molar-refractivity contribution in [2.45, 2.75) is 64.5 Å². The van der Waals surface area contributed by atoms with Crippen LogP contribution in [0.3, 0.4) is 0 Å². The molecule has 8 nitrogen and oxygen atoms in total. The van der Waals surface area contributed by atoms with Crippen LogP contribution in [0.5, 0.6) is 0 Å². The summed E-state index contributed by atoms with van der Waals surface area (Å²) in [6, 6.07) is 12.1. The number of imide groups is 1. The van der Waals surface area contributed by atoms with Gasteiger partial charge in [-0.1, -0.05) is 26.0 Å². The van der Waals surface area contributed by atoms with Crippen molar-refractivity contribution in [2.75, 3.05) is 16.8 Å². The third kappa shape index (κ3) is 6.15. The molecule has 0 radical (unpaired) electrons. The van der Waals surface area contributed by atoms with Crippen molar-refractivity contribution < 1.29 is 22.8 Å². The molecule has 1 aliphatic heterocycles. The molecule has 0 saturated heterocycles. The largest absolute Gasteiger partial charge is 0.326 e. The molecule has 2 aromatic carbocycles. The van der Waals surface area contributed by atoms with E-state index >= 15 is 0 Å². The Morgan fingerprint density at radius 2 is 1.60 bits per heavy atom. The first kappa shape index (κ1) is 26.6. The van der Waals surface area contributed by atoms with Gasteiger partial charge in [-0.25, -0.2) is 18.0 Å². The van der Waals surface area contributed by atoms with Crippen LogP contribution in [-0.4, -0.2) is 37.9 Å². The van der Waals surface area contributed by atoms with Crippen LogP contribution >= 0.6 is 0 Å². The van der Waals surface area contributed by atoms with E-state index < -0.39 is 21.2 Å². The van der Waals surface area contributed by atoms with Gasteiger partial charge in [-0.2, -0.15) is 0 Å². The summed E-state index contributed by atoms with van der Waals surface area (Å²) in [6.07, 6.45) is 2.25. The van der Waals surface area contributed by atoms with Gasteiger partial charge in [0.05, 0.1) is 22.1 Å². The van der Waals surface area contributed by atoms with E-state index in [1.54, 1.807) is 38.1 Å². The third-order valence-electron chi connectivity index (χ3n) is 6.26. The molecule has 1 atom stereocenters. The highest BCUT2D eigenvalue weighted by molar-refractivity contribution is 7.90. The molecule has 2 N–H and O–H groups in total. The first-order valence-electron chi connectivity index (χ1n) is 12.0. The van der Waals surface area contributed by atoms with Crippen LogP contribution in [0.25, 0.3) is 0 Å². The third-order valence-corrected chi connectivity index (χ3v) is 8.11. The summed E-state index contributed by atoms with van der Waals surface area (Å²) in [6.45, 7) is 7.72. The molecule has 0 bridgehead atoms. The van der Waals surface area contributed by atoms with Gasteiger partial charge in [0.2, 0.25) is 15.9 Å². The molecular weight excluding hydrogens is 466 g/mol. The smallest absolute Gasteiger partial charge is 0.266 e. The minimum atomic E-state index is -3.31. The molecule has 2 aromatic rings. The average Bonchev–Trinajstić information content (AvgIpc) is 3.07. The highest BCUT2D eigenvalue weighted by Crippen LogP contribution is 2.31. The van der Waals surface area contributed by atoms with Crippen LogP contribution in [0.2, 0.25) is 0 Å². The second-order valence-electron chi connectivity index (χ2n) is 9.10. The van der Waals surface area contributed by atoms with Crippen LogP contribution in [0.15, 0.2) is 42.5 Å². The van der Waals surface area contributed by atoms with E-state index in [1.807, 2.05) is 12.1 Å². The summed E-state index contributed by atoms with van der Waals surface area (Å²) in [5, 5.41) is 2.25. The Balaban J connectivity index is 1.59. The van der Waals surface area contributed by atoms with Crippen molar-refractivity contribution in [3.63, 3.8) is 0 Å². The molecular formula is C26H33N3O5S. The van der Waals surface area contributed by atoms with E-state index in [9.17, 15) is 22.8 Å². The molecule has 9 heteroatoms. The molecule has 188 valence electrons. The summed E-state index contributed by atoms with van der Waals surface area (Å²) in [7, 11) is -3.31. The highest BCUT2D eigenvalue weighted by Gasteiger charge is 2.36. The Kier molecular flexibility index (Phi) is 8.45. The van der Waals surface area contributed by atoms with E-state index in [4.69, 9.17) is 0 Å². The topological polar surface area (TPSA) is 113 Å². The van der Waals surface area contributed by atoms with Crippen molar-refractivity contribution in [1.29, 1.82) is 0 Å². The van der Waals surface area contributed by atoms with Crippen molar-refractivity contribution in [3.8, 4) is 0 Å². The lowest BCUT2D eigenvalue weighted by Crippen LogP contribution is -2.31. The fraction of sp³-hybridized carbons (Fsp3) is 0.423. The lowest BCUT2D eigenvalue weighted by molar-refractivity contribution is -0.116. The minimum Gasteiger partial charge on any atom is -0.326 e. The second kappa shape index (κ2) is 11.1. The number of nitrogens with one attached hydrogen (secondary N) is 2. The van der Waals surface area contributed by atoms with Crippen LogP contribution in [0.4, 0.5) is 11.4 Å². The van der Waals surface area contributed by atoms with Crippen molar-refractivity contribution in [2.24, 2.45) is 0 Å². The fourth-order valence-electron chi connectivity index (χ4n) is 3.76. The molecule has 0 aliphatic carbocycles. The average molecular weight is 500 g/mol. The van der Waals surface area contributed by atoms with Gasteiger partial charge < -0.3 is 5.32 Å². The predicted octanol–water partition coefficient (Wildman–Crippen LogP) is 4.44. The summed E-state index contributed by atoms with van der Waals surface area (Å²) in [5.74, 6) is -0.662. The number of nitrogens with zero attached hydrogens (tertiary/aromatic N) is 1. The van der Waals surface area contributed by atoms with Crippen LogP contribution in [-0.2, 0) is 14.8 Å². The molecule has 3 amide bonds. The summed E-state index contributed by atoms with van der Waals surface area (Å²) in [4.78, 5) is 39.4. The Morgan fingerprint density at radius 3 is 2.23 bits per heavy atom. The van der Waals surface area contributed by atoms with Crippen molar-refractivity contribution in [3.05, 3.63) is 59.2 Å². The minimum absolute atomic E-state index is 0.210. The van der Waals surface area contributed by atoms with Gasteiger partial charge >= 0.3 is 0 Å². The second-order valence-corrected chi connectivity index (χ2v) is 11.4. The number of carbonyl (C=O) groups excluding carboxylic acids is 3. The van der Waals surface area contributed by atoms with Crippen LogP contribution in [0.1, 0.15) is 85.6 Å². The number of benzene rings is 2. The molecule has 0 fully saturated rings.